The first-order valence-electron chi connectivity index (χ1n) is 17.0. The Morgan fingerprint density at radius 3 is 1.94 bits per heavy atom. The number of benzene rings is 8. The van der Waals surface area contributed by atoms with Crippen molar-refractivity contribution < 1.29 is 0 Å². The fourth-order valence-corrected chi connectivity index (χ4v) is 8.48. The average molecular weight is 658 g/mol. The SMILES string of the molecule is c1ccc(N(c2ccc(C3=NC(c4ccc5sc6cc7ccccc7cc6c5c4)c4ccccc4N3)cc2)c2ccc3ccccc3c2)cc1. The van der Waals surface area contributed by atoms with E-state index in [0.29, 0.717) is 0 Å². The van der Waals surface area contributed by atoms with Gasteiger partial charge in [0, 0.05) is 54.0 Å². The molecule has 2 heterocycles. The highest BCUT2D eigenvalue weighted by Crippen LogP contribution is 2.42. The molecule has 0 bridgehead atoms. The van der Waals surface area contributed by atoms with E-state index >= 15 is 0 Å². The fourth-order valence-electron chi connectivity index (χ4n) is 7.37. The second kappa shape index (κ2) is 11.7. The number of hydrogen-bond acceptors (Lipinski definition) is 4. The van der Waals surface area contributed by atoms with Crippen molar-refractivity contribution in [2.75, 3.05) is 10.2 Å². The lowest BCUT2D eigenvalue weighted by atomic mass is 9.94. The summed E-state index contributed by atoms with van der Waals surface area (Å²) in [4.78, 5) is 7.72. The molecule has 0 amide bonds. The normalized spacial score (nSPS) is 14.1. The molecule has 3 nitrogen and oxygen atoms in total. The molecule has 0 fully saturated rings. The van der Waals surface area contributed by atoms with Gasteiger partial charge in [-0.25, -0.2) is 0 Å². The van der Waals surface area contributed by atoms with Crippen molar-refractivity contribution >= 4 is 81.6 Å². The molecule has 1 N–H and O–H groups in total. The molecule has 8 aromatic carbocycles. The van der Waals surface area contributed by atoms with Crippen LogP contribution in [0.25, 0.3) is 41.7 Å². The van der Waals surface area contributed by atoms with Gasteiger partial charge in [-0.1, -0.05) is 97.1 Å². The molecule has 4 heteroatoms. The predicted octanol–water partition coefficient (Wildman–Crippen LogP) is 12.8. The monoisotopic (exact) mass is 657 g/mol. The standard InChI is InChI=1S/C46H31N3S/c1-2-14-36(15-3-1)49(38-24-18-30-10-4-5-11-32(30)26-38)37-22-19-31(20-23-37)46-47-42-17-9-8-16-39(42)45(48-46)35-21-25-43-40(28-35)41-27-33-12-6-7-13-34(33)29-44(41)50-43/h1-29,45H,(H,47,48). The van der Waals surface area contributed by atoms with Crippen LogP contribution in [0, 0.1) is 0 Å². The summed E-state index contributed by atoms with van der Waals surface area (Å²) in [5, 5.41) is 11.3. The van der Waals surface area contributed by atoms with Crippen LogP contribution in [-0.2, 0) is 0 Å². The molecule has 0 spiro atoms. The zero-order chi connectivity index (χ0) is 33.0. The van der Waals surface area contributed by atoms with Crippen LogP contribution in [0.2, 0.25) is 0 Å². The van der Waals surface area contributed by atoms with Crippen LogP contribution in [0.3, 0.4) is 0 Å². The number of para-hydroxylation sites is 2. The van der Waals surface area contributed by atoms with Gasteiger partial charge in [-0.05, 0) is 106 Å². The van der Waals surface area contributed by atoms with Gasteiger partial charge in [0.05, 0.1) is 0 Å². The minimum atomic E-state index is -0.125. The summed E-state index contributed by atoms with van der Waals surface area (Å²) in [7, 11) is 0. The van der Waals surface area contributed by atoms with Gasteiger partial charge in [0.1, 0.15) is 11.9 Å². The minimum absolute atomic E-state index is 0.125. The van der Waals surface area contributed by atoms with Crippen molar-refractivity contribution in [2.45, 2.75) is 6.04 Å². The third-order valence-corrected chi connectivity index (χ3v) is 11.0. The lowest BCUT2D eigenvalue weighted by molar-refractivity contribution is 0.865. The molecule has 0 radical (unpaired) electrons. The minimum Gasteiger partial charge on any atom is -0.340 e. The Labute approximate surface area is 294 Å². The lowest BCUT2D eigenvalue weighted by Gasteiger charge is -2.27. The van der Waals surface area contributed by atoms with E-state index in [2.05, 4.69) is 186 Å². The first-order chi connectivity index (χ1) is 24.7. The van der Waals surface area contributed by atoms with Crippen molar-refractivity contribution in [3.8, 4) is 0 Å². The summed E-state index contributed by atoms with van der Waals surface area (Å²) in [6.45, 7) is 0. The van der Waals surface area contributed by atoms with Crippen molar-refractivity contribution in [1.29, 1.82) is 0 Å². The average Bonchev–Trinajstić information content (AvgIpc) is 3.54. The van der Waals surface area contributed by atoms with E-state index in [4.69, 9.17) is 4.99 Å². The number of thiophene rings is 1. The molecule has 1 unspecified atom stereocenters. The van der Waals surface area contributed by atoms with Gasteiger partial charge < -0.3 is 10.2 Å². The van der Waals surface area contributed by atoms with E-state index < -0.39 is 0 Å². The molecule has 50 heavy (non-hydrogen) atoms. The molecule has 9 aromatic rings. The molecule has 1 atom stereocenters. The highest BCUT2D eigenvalue weighted by molar-refractivity contribution is 7.25. The van der Waals surface area contributed by atoms with E-state index in [1.165, 1.54) is 52.8 Å². The number of nitrogens with zero attached hydrogens (tertiary/aromatic N) is 2. The summed E-state index contributed by atoms with van der Waals surface area (Å²) in [5.41, 5.74) is 7.84. The summed E-state index contributed by atoms with van der Waals surface area (Å²) in [6.07, 6.45) is 0. The Hall–Kier alpha value is -6.23. The van der Waals surface area contributed by atoms with E-state index in [9.17, 15) is 0 Å². The van der Waals surface area contributed by atoms with Gasteiger partial charge in [0.2, 0.25) is 0 Å². The van der Waals surface area contributed by atoms with E-state index in [1.807, 2.05) is 11.3 Å². The van der Waals surface area contributed by atoms with Crippen LogP contribution in [0.1, 0.15) is 22.7 Å². The number of hydrogen-bond donors (Lipinski definition) is 1. The fraction of sp³-hybridized carbons (Fsp3) is 0.0217. The molecule has 0 saturated carbocycles. The van der Waals surface area contributed by atoms with Crippen LogP contribution < -0.4 is 10.2 Å². The van der Waals surface area contributed by atoms with E-state index in [1.54, 1.807) is 0 Å². The molecule has 0 aliphatic carbocycles. The summed E-state index contributed by atoms with van der Waals surface area (Å²) < 4.78 is 2.62. The third-order valence-electron chi connectivity index (χ3n) is 9.85. The largest absolute Gasteiger partial charge is 0.340 e. The Balaban J connectivity index is 1.05. The number of aliphatic imine (C=N–C) groups is 1. The summed E-state index contributed by atoms with van der Waals surface area (Å²) >= 11 is 1.86. The van der Waals surface area contributed by atoms with Crippen LogP contribution >= 0.6 is 11.3 Å². The number of rotatable bonds is 5. The van der Waals surface area contributed by atoms with Crippen LogP contribution in [0.4, 0.5) is 22.7 Å². The zero-order valence-electron chi connectivity index (χ0n) is 27.1. The van der Waals surface area contributed by atoms with Gasteiger partial charge >= 0.3 is 0 Å². The zero-order valence-corrected chi connectivity index (χ0v) is 27.9. The number of anilines is 4. The van der Waals surface area contributed by atoms with Crippen LogP contribution in [0.15, 0.2) is 181 Å². The van der Waals surface area contributed by atoms with E-state index in [0.717, 1.165) is 34.1 Å². The highest BCUT2D eigenvalue weighted by atomic mass is 32.1. The maximum atomic E-state index is 5.41. The molecule has 0 saturated heterocycles. The van der Waals surface area contributed by atoms with Crippen LogP contribution in [0.5, 0.6) is 0 Å². The third kappa shape index (κ3) is 4.92. The molecular weight excluding hydrogens is 627 g/mol. The van der Waals surface area contributed by atoms with Crippen molar-refractivity contribution in [3.05, 3.63) is 193 Å². The second-order valence-electron chi connectivity index (χ2n) is 12.9. The van der Waals surface area contributed by atoms with Crippen molar-refractivity contribution in [1.82, 2.24) is 0 Å². The highest BCUT2D eigenvalue weighted by Gasteiger charge is 2.24. The summed E-state index contributed by atoms with van der Waals surface area (Å²) in [6, 6.07) is 63.1. The van der Waals surface area contributed by atoms with Crippen molar-refractivity contribution in [2.24, 2.45) is 4.99 Å². The Morgan fingerprint density at radius 1 is 0.480 bits per heavy atom. The van der Waals surface area contributed by atoms with Gasteiger partial charge in [0.15, 0.2) is 0 Å². The van der Waals surface area contributed by atoms with Gasteiger partial charge in [-0.3, -0.25) is 4.99 Å². The predicted molar refractivity (Wildman–Crippen MR) is 214 cm³/mol. The first-order valence-corrected chi connectivity index (χ1v) is 17.8. The maximum Gasteiger partial charge on any atom is 0.133 e. The first kappa shape index (κ1) is 28.8. The molecule has 236 valence electrons. The molecule has 1 aromatic heterocycles. The van der Waals surface area contributed by atoms with Gasteiger partial charge in [0.25, 0.3) is 0 Å². The summed E-state index contributed by atoms with van der Waals surface area (Å²) in [5.74, 6) is 0.874. The molecule has 1 aliphatic heterocycles. The molecule has 10 rings (SSSR count). The van der Waals surface area contributed by atoms with Crippen molar-refractivity contribution in [3.63, 3.8) is 0 Å². The lowest BCUT2D eigenvalue weighted by Crippen LogP contribution is -2.22. The second-order valence-corrected chi connectivity index (χ2v) is 14.0. The van der Waals surface area contributed by atoms with Gasteiger partial charge in [-0.2, -0.15) is 0 Å². The smallest absolute Gasteiger partial charge is 0.133 e. The molecule has 1 aliphatic rings. The topological polar surface area (TPSA) is 27.6 Å². The quantitative estimate of drug-likeness (QED) is 0.199. The Bertz CT molecular complexity index is 2740. The maximum absolute atomic E-state index is 5.41. The Kier molecular flexibility index (Phi) is 6.74. The van der Waals surface area contributed by atoms with Gasteiger partial charge in [-0.15, -0.1) is 11.3 Å². The molecular formula is C46H31N3S. The van der Waals surface area contributed by atoms with E-state index in [-0.39, 0.29) is 6.04 Å². The van der Waals surface area contributed by atoms with Crippen LogP contribution in [-0.4, -0.2) is 5.84 Å². The Morgan fingerprint density at radius 2 is 1.12 bits per heavy atom. The number of amidine groups is 1. The number of nitrogens with one attached hydrogen (secondary N) is 1. The number of fused-ring (bicyclic) bond motifs is 6.